The Morgan fingerprint density at radius 3 is 2.62 bits per heavy atom. The average molecular weight is 328 g/mol. The van der Waals surface area contributed by atoms with E-state index in [-0.39, 0.29) is 29.3 Å². The quantitative estimate of drug-likeness (QED) is 0.899. The Morgan fingerprint density at radius 1 is 1.21 bits per heavy atom. The lowest BCUT2D eigenvalue weighted by Gasteiger charge is -2.41. The fraction of sp³-hybridized carbons (Fsp3) is 0.579. The number of hydrogen-bond acceptors (Lipinski definition) is 3. The number of piperidine rings is 1. The zero-order valence-electron chi connectivity index (χ0n) is 13.9. The van der Waals surface area contributed by atoms with Gasteiger partial charge in [0.25, 0.3) is 5.91 Å². The highest BCUT2D eigenvalue weighted by molar-refractivity contribution is 5.87. The lowest BCUT2D eigenvalue weighted by Crippen LogP contribution is -2.50. The third-order valence-corrected chi connectivity index (χ3v) is 5.96. The van der Waals surface area contributed by atoms with Crippen molar-refractivity contribution in [2.75, 3.05) is 26.2 Å². The fourth-order valence-electron chi connectivity index (χ4n) is 4.52. The molecule has 3 fully saturated rings. The summed E-state index contributed by atoms with van der Waals surface area (Å²) in [4.78, 5) is 27.1. The van der Waals surface area contributed by atoms with Crippen molar-refractivity contribution in [1.29, 1.82) is 0 Å². The van der Waals surface area contributed by atoms with Crippen LogP contribution in [0.3, 0.4) is 0 Å². The molecule has 3 aliphatic rings. The van der Waals surface area contributed by atoms with Gasteiger partial charge >= 0.3 is 0 Å². The van der Waals surface area contributed by atoms with Crippen LogP contribution in [0.15, 0.2) is 30.3 Å². The molecule has 3 saturated heterocycles. The molecule has 0 unspecified atom stereocenters. The normalized spacial score (nSPS) is 29.0. The second-order valence-corrected chi connectivity index (χ2v) is 7.16. The molecule has 0 aliphatic carbocycles. The number of nitrogens with one attached hydrogen (secondary N) is 1. The first-order valence-corrected chi connectivity index (χ1v) is 8.94. The van der Waals surface area contributed by atoms with E-state index in [1.165, 1.54) is 5.56 Å². The third kappa shape index (κ3) is 2.51. The zero-order valence-corrected chi connectivity index (χ0v) is 13.9. The minimum absolute atomic E-state index is 0.108. The van der Waals surface area contributed by atoms with Crippen molar-refractivity contribution in [1.82, 2.24) is 10.2 Å². The fourth-order valence-corrected chi connectivity index (χ4v) is 4.52. The van der Waals surface area contributed by atoms with Crippen molar-refractivity contribution in [3.05, 3.63) is 35.9 Å². The van der Waals surface area contributed by atoms with Crippen molar-refractivity contribution in [3.63, 3.8) is 0 Å². The largest absolute Gasteiger partial charge is 0.368 e. The second-order valence-electron chi connectivity index (χ2n) is 7.16. The first-order valence-electron chi connectivity index (χ1n) is 8.94. The van der Waals surface area contributed by atoms with Gasteiger partial charge in [0.1, 0.15) is 6.10 Å². The van der Waals surface area contributed by atoms with E-state index in [0.717, 1.165) is 25.7 Å². The molecule has 4 rings (SSSR count). The van der Waals surface area contributed by atoms with Crippen molar-refractivity contribution >= 4 is 11.8 Å². The molecule has 5 nitrogen and oxygen atoms in total. The Hall–Kier alpha value is -1.88. The summed E-state index contributed by atoms with van der Waals surface area (Å²) in [7, 11) is 0. The number of likely N-dealkylation sites (tertiary alicyclic amines) is 1. The molecule has 3 aliphatic heterocycles. The summed E-state index contributed by atoms with van der Waals surface area (Å²) >= 11 is 0. The number of ether oxygens (including phenoxy) is 1. The highest BCUT2D eigenvalue weighted by Crippen LogP contribution is 2.47. The number of benzene rings is 1. The number of rotatable bonds is 2. The van der Waals surface area contributed by atoms with Gasteiger partial charge in [0, 0.05) is 32.2 Å². The molecule has 24 heavy (non-hydrogen) atoms. The monoisotopic (exact) mass is 328 g/mol. The highest BCUT2D eigenvalue weighted by atomic mass is 16.5. The molecule has 0 aromatic heterocycles. The van der Waals surface area contributed by atoms with Gasteiger partial charge in [0.15, 0.2) is 0 Å². The van der Waals surface area contributed by atoms with Gasteiger partial charge in [-0.2, -0.15) is 0 Å². The molecule has 128 valence electrons. The van der Waals surface area contributed by atoms with Crippen LogP contribution in [0.2, 0.25) is 0 Å². The van der Waals surface area contributed by atoms with Gasteiger partial charge in [-0.1, -0.05) is 30.3 Å². The lowest BCUT2D eigenvalue weighted by atomic mass is 9.68. The van der Waals surface area contributed by atoms with Gasteiger partial charge in [-0.05, 0) is 31.2 Å². The van der Waals surface area contributed by atoms with E-state index >= 15 is 0 Å². The van der Waals surface area contributed by atoms with Crippen molar-refractivity contribution in [2.24, 2.45) is 5.41 Å². The Kier molecular flexibility index (Phi) is 4.04. The van der Waals surface area contributed by atoms with Gasteiger partial charge in [0.05, 0.1) is 5.41 Å². The number of carbonyl (C=O) groups is 2. The van der Waals surface area contributed by atoms with Crippen LogP contribution in [-0.4, -0.2) is 49.1 Å². The summed E-state index contributed by atoms with van der Waals surface area (Å²) < 4.78 is 5.53. The third-order valence-electron chi connectivity index (χ3n) is 5.96. The zero-order chi connectivity index (χ0) is 16.6. The number of hydrogen-bond donors (Lipinski definition) is 1. The van der Waals surface area contributed by atoms with Crippen molar-refractivity contribution in [2.45, 2.75) is 37.7 Å². The summed E-state index contributed by atoms with van der Waals surface area (Å²) in [5, 5.41) is 3.06. The molecule has 0 saturated carbocycles. The van der Waals surface area contributed by atoms with E-state index in [1.807, 2.05) is 23.1 Å². The Labute approximate surface area is 142 Å². The van der Waals surface area contributed by atoms with Gasteiger partial charge in [-0.15, -0.1) is 0 Å². The van der Waals surface area contributed by atoms with E-state index in [4.69, 9.17) is 4.74 Å². The Balaban J connectivity index is 1.49. The minimum Gasteiger partial charge on any atom is -0.368 e. The SMILES string of the molecule is O=C([C@H]1CCCO1)N1CCC2(CC1)C(=O)NC[C@H]2c1ccccc1. The van der Waals surface area contributed by atoms with Crippen molar-refractivity contribution in [3.8, 4) is 0 Å². The van der Waals surface area contributed by atoms with Crippen LogP contribution in [-0.2, 0) is 14.3 Å². The van der Waals surface area contributed by atoms with Gasteiger partial charge in [-0.3, -0.25) is 9.59 Å². The van der Waals surface area contributed by atoms with E-state index in [1.54, 1.807) is 0 Å². The number of carbonyl (C=O) groups excluding carboxylic acids is 2. The molecule has 0 bridgehead atoms. The van der Waals surface area contributed by atoms with Crippen LogP contribution in [0, 0.1) is 5.41 Å². The smallest absolute Gasteiger partial charge is 0.251 e. The lowest BCUT2D eigenvalue weighted by molar-refractivity contribution is -0.146. The molecular formula is C19H24N2O3. The predicted molar refractivity (Wildman–Crippen MR) is 89.4 cm³/mol. The average Bonchev–Trinajstić information content (AvgIpc) is 3.26. The molecule has 5 heteroatoms. The predicted octanol–water partition coefficient (Wildman–Crippen LogP) is 1.69. The molecule has 2 atom stereocenters. The minimum atomic E-state index is -0.366. The summed E-state index contributed by atoms with van der Waals surface area (Å²) in [6.45, 7) is 2.68. The highest BCUT2D eigenvalue weighted by Gasteiger charge is 2.52. The van der Waals surface area contributed by atoms with Crippen LogP contribution < -0.4 is 5.32 Å². The first kappa shape index (κ1) is 15.6. The molecular weight excluding hydrogens is 304 g/mol. The Morgan fingerprint density at radius 2 is 1.96 bits per heavy atom. The van der Waals surface area contributed by atoms with Crippen molar-refractivity contribution < 1.29 is 14.3 Å². The van der Waals surface area contributed by atoms with Crippen LogP contribution in [0.4, 0.5) is 0 Å². The molecule has 1 spiro atoms. The second kappa shape index (κ2) is 6.20. The van der Waals surface area contributed by atoms with Gasteiger partial charge in [0.2, 0.25) is 5.91 Å². The Bertz CT molecular complexity index is 617. The summed E-state index contributed by atoms with van der Waals surface area (Å²) in [6, 6.07) is 10.3. The van der Waals surface area contributed by atoms with E-state index < -0.39 is 0 Å². The van der Waals surface area contributed by atoms with Gasteiger partial charge in [-0.25, -0.2) is 0 Å². The molecule has 1 aromatic rings. The summed E-state index contributed by atoms with van der Waals surface area (Å²) in [6.07, 6.45) is 3.00. The summed E-state index contributed by atoms with van der Waals surface area (Å²) in [5.74, 6) is 0.462. The molecule has 0 radical (unpaired) electrons. The molecule has 1 aromatic carbocycles. The van der Waals surface area contributed by atoms with E-state index in [0.29, 0.717) is 26.2 Å². The summed E-state index contributed by atoms with van der Waals surface area (Å²) in [5.41, 5.74) is 0.851. The molecule has 2 amide bonds. The van der Waals surface area contributed by atoms with Crippen LogP contribution >= 0.6 is 0 Å². The number of nitrogens with zero attached hydrogens (tertiary/aromatic N) is 1. The maximum atomic E-state index is 12.6. The molecule has 1 N–H and O–H groups in total. The van der Waals surface area contributed by atoms with Gasteiger partial charge < -0.3 is 15.0 Å². The van der Waals surface area contributed by atoms with Crippen LogP contribution in [0.25, 0.3) is 0 Å². The topological polar surface area (TPSA) is 58.6 Å². The maximum Gasteiger partial charge on any atom is 0.251 e. The maximum absolute atomic E-state index is 12.6. The van der Waals surface area contributed by atoms with E-state index in [9.17, 15) is 9.59 Å². The van der Waals surface area contributed by atoms with Crippen LogP contribution in [0.1, 0.15) is 37.2 Å². The molecule has 3 heterocycles. The standard InChI is InChI=1S/C19H24N2O3/c22-17(16-7-4-12-24-16)21-10-8-19(9-11-21)15(13-20-18(19)23)14-5-2-1-3-6-14/h1-3,5-6,15-16H,4,7-13H2,(H,20,23)/t15-,16+/m0/s1. The van der Waals surface area contributed by atoms with E-state index in [2.05, 4.69) is 17.4 Å². The van der Waals surface area contributed by atoms with Crippen LogP contribution in [0.5, 0.6) is 0 Å². The first-order chi connectivity index (χ1) is 11.7. The number of amides is 2.